The van der Waals surface area contributed by atoms with Crippen LogP contribution in [-0.4, -0.2) is 55.0 Å². The van der Waals surface area contributed by atoms with Gasteiger partial charge in [-0.25, -0.2) is 0 Å². The van der Waals surface area contributed by atoms with E-state index in [1.807, 2.05) is 0 Å². The van der Waals surface area contributed by atoms with Crippen LogP contribution < -0.4 is 5.73 Å². The van der Waals surface area contributed by atoms with Crippen molar-refractivity contribution in [2.24, 2.45) is 5.73 Å². The first-order valence-corrected chi connectivity index (χ1v) is 5.98. The summed E-state index contributed by atoms with van der Waals surface area (Å²) in [6.07, 6.45) is 3.68. The van der Waals surface area contributed by atoms with Gasteiger partial charge in [0.25, 0.3) is 0 Å². The van der Waals surface area contributed by atoms with E-state index in [9.17, 15) is 5.11 Å². The normalized spacial score (nSPS) is 25.4. The Morgan fingerprint density at radius 1 is 1.60 bits per heavy atom. The molecule has 4 nitrogen and oxygen atoms in total. The SMILES string of the molecule is CCCOC1CCCN(C(CN)CO)C1. The molecule has 0 bridgehead atoms. The Hall–Kier alpha value is -0.160. The van der Waals surface area contributed by atoms with Gasteiger partial charge >= 0.3 is 0 Å². The highest BCUT2D eigenvalue weighted by Crippen LogP contribution is 2.15. The van der Waals surface area contributed by atoms with Gasteiger partial charge in [0, 0.05) is 25.7 Å². The number of nitrogens with two attached hydrogens (primary N) is 1. The highest BCUT2D eigenvalue weighted by atomic mass is 16.5. The number of rotatable bonds is 6. The molecule has 0 spiro atoms. The monoisotopic (exact) mass is 216 g/mol. The molecule has 15 heavy (non-hydrogen) atoms. The Morgan fingerprint density at radius 3 is 3.00 bits per heavy atom. The van der Waals surface area contributed by atoms with Crippen LogP contribution in [0.2, 0.25) is 0 Å². The lowest BCUT2D eigenvalue weighted by Gasteiger charge is -2.36. The van der Waals surface area contributed by atoms with Crippen LogP contribution in [0.3, 0.4) is 0 Å². The van der Waals surface area contributed by atoms with Crippen LogP contribution in [0.4, 0.5) is 0 Å². The molecule has 1 saturated heterocycles. The van der Waals surface area contributed by atoms with Gasteiger partial charge in [-0.2, -0.15) is 0 Å². The summed E-state index contributed by atoms with van der Waals surface area (Å²) in [5.41, 5.74) is 5.62. The fourth-order valence-corrected chi connectivity index (χ4v) is 2.06. The number of nitrogens with zero attached hydrogens (tertiary/aromatic N) is 1. The van der Waals surface area contributed by atoms with E-state index in [1.165, 1.54) is 0 Å². The van der Waals surface area contributed by atoms with Crippen molar-refractivity contribution < 1.29 is 9.84 Å². The lowest BCUT2D eigenvalue weighted by molar-refractivity contribution is -0.0185. The molecule has 1 heterocycles. The van der Waals surface area contributed by atoms with E-state index in [2.05, 4.69) is 11.8 Å². The van der Waals surface area contributed by atoms with Gasteiger partial charge in [-0.15, -0.1) is 0 Å². The predicted molar refractivity (Wildman–Crippen MR) is 60.8 cm³/mol. The molecular weight excluding hydrogens is 192 g/mol. The Kier molecular flexibility index (Phi) is 6.17. The average molecular weight is 216 g/mol. The summed E-state index contributed by atoms with van der Waals surface area (Å²) in [6, 6.07) is 0.109. The van der Waals surface area contributed by atoms with Crippen LogP contribution >= 0.6 is 0 Å². The lowest BCUT2D eigenvalue weighted by Crippen LogP contribution is -2.50. The number of piperidine rings is 1. The molecule has 0 radical (unpaired) electrons. The van der Waals surface area contributed by atoms with E-state index in [0.29, 0.717) is 12.6 Å². The second kappa shape index (κ2) is 7.17. The van der Waals surface area contributed by atoms with Gasteiger partial charge in [-0.3, -0.25) is 4.90 Å². The number of aliphatic hydroxyl groups is 1. The molecule has 2 atom stereocenters. The van der Waals surface area contributed by atoms with Gasteiger partial charge < -0.3 is 15.6 Å². The number of ether oxygens (including phenoxy) is 1. The van der Waals surface area contributed by atoms with Gasteiger partial charge in [-0.1, -0.05) is 6.92 Å². The summed E-state index contributed by atoms with van der Waals surface area (Å²) in [4.78, 5) is 2.25. The molecule has 3 N–H and O–H groups in total. The van der Waals surface area contributed by atoms with Crippen LogP contribution in [0, 0.1) is 0 Å². The molecule has 0 aromatic rings. The standard InChI is InChI=1S/C11H24N2O2/c1-2-6-15-11-4-3-5-13(8-11)10(7-12)9-14/h10-11,14H,2-9,12H2,1H3. The average Bonchev–Trinajstić information content (AvgIpc) is 2.29. The highest BCUT2D eigenvalue weighted by molar-refractivity contribution is 4.79. The molecule has 0 aromatic carbocycles. The summed E-state index contributed by atoms with van der Waals surface area (Å²) < 4.78 is 5.74. The molecule has 0 aliphatic carbocycles. The van der Waals surface area contributed by atoms with Crippen molar-refractivity contribution >= 4 is 0 Å². The maximum absolute atomic E-state index is 9.18. The molecule has 1 aliphatic rings. The van der Waals surface area contributed by atoms with E-state index in [-0.39, 0.29) is 12.6 Å². The highest BCUT2D eigenvalue weighted by Gasteiger charge is 2.24. The van der Waals surface area contributed by atoms with E-state index in [0.717, 1.165) is 39.0 Å². The topological polar surface area (TPSA) is 58.7 Å². The van der Waals surface area contributed by atoms with Crippen molar-refractivity contribution in [3.8, 4) is 0 Å². The van der Waals surface area contributed by atoms with Crippen molar-refractivity contribution in [2.45, 2.75) is 38.3 Å². The first-order chi connectivity index (χ1) is 7.31. The summed E-state index contributed by atoms with van der Waals surface area (Å²) in [7, 11) is 0. The zero-order chi connectivity index (χ0) is 11.1. The van der Waals surface area contributed by atoms with Crippen LogP contribution in [0.25, 0.3) is 0 Å². The van der Waals surface area contributed by atoms with Gasteiger partial charge in [0.1, 0.15) is 0 Å². The molecule has 1 aliphatic heterocycles. The van der Waals surface area contributed by atoms with Crippen LogP contribution in [0.1, 0.15) is 26.2 Å². The van der Waals surface area contributed by atoms with E-state index >= 15 is 0 Å². The predicted octanol–water partition coefficient (Wildman–Crippen LogP) is 0.197. The molecular formula is C11H24N2O2. The second-order valence-corrected chi connectivity index (χ2v) is 4.20. The summed E-state index contributed by atoms with van der Waals surface area (Å²) in [6.45, 7) is 5.59. The van der Waals surface area contributed by atoms with Crippen LogP contribution in [-0.2, 0) is 4.74 Å². The second-order valence-electron chi connectivity index (χ2n) is 4.20. The minimum Gasteiger partial charge on any atom is -0.395 e. The molecule has 0 saturated carbocycles. The quantitative estimate of drug-likeness (QED) is 0.666. The van der Waals surface area contributed by atoms with Gasteiger partial charge in [0.15, 0.2) is 0 Å². The lowest BCUT2D eigenvalue weighted by atomic mass is 10.1. The Bertz CT molecular complexity index is 163. The fourth-order valence-electron chi connectivity index (χ4n) is 2.06. The molecule has 0 aromatic heterocycles. The van der Waals surface area contributed by atoms with Gasteiger partial charge in [-0.05, 0) is 25.8 Å². The fraction of sp³-hybridized carbons (Fsp3) is 1.00. The summed E-state index contributed by atoms with van der Waals surface area (Å²) in [5, 5.41) is 9.18. The molecule has 0 amide bonds. The first-order valence-electron chi connectivity index (χ1n) is 5.98. The minimum absolute atomic E-state index is 0.109. The zero-order valence-corrected chi connectivity index (χ0v) is 9.69. The Balaban J connectivity index is 2.33. The third kappa shape index (κ3) is 4.07. The molecule has 2 unspecified atom stereocenters. The molecule has 1 fully saturated rings. The van der Waals surface area contributed by atoms with Gasteiger partial charge in [0.2, 0.25) is 0 Å². The molecule has 1 rings (SSSR count). The number of hydrogen-bond acceptors (Lipinski definition) is 4. The van der Waals surface area contributed by atoms with Crippen LogP contribution in [0.5, 0.6) is 0 Å². The maximum atomic E-state index is 9.18. The number of hydrogen-bond donors (Lipinski definition) is 2. The van der Waals surface area contributed by atoms with E-state index in [1.54, 1.807) is 0 Å². The smallest absolute Gasteiger partial charge is 0.0702 e. The maximum Gasteiger partial charge on any atom is 0.0702 e. The van der Waals surface area contributed by atoms with Crippen molar-refractivity contribution in [3.05, 3.63) is 0 Å². The summed E-state index contributed by atoms with van der Waals surface area (Å²) in [5.74, 6) is 0. The third-order valence-corrected chi connectivity index (χ3v) is 2.97. The zero-order valence-electron chi connectivity index (χ0n) is 9.69. The number of aliphatic hydroxyl groups excluding tert-OH is 1. The number of likely N-dealkylation sites (tertiary alicyclic amines) is 1. The van der Waals surface area contributed by atoms with Crippen molar-refractivity contribution in [1.82, 2.24) is 4.90 Å². The van der Waals surface area contributed by atoms with Crippen molar-refractivity contribution in [2.75, 3.05) is 32.8 Å². The Labute approximate surface area is 92.4 Å². The minimum atomic E-state index is 0.109. The summed E-state index contributed by atoms with van der Waals surface area (Å²) >= 11 is 0. The van der Waals surface area contributed by atoms with Gasteiger partial charge in [0.05, 0.1) is 12.7 Å². The first kappa shape index (κ1) is 12.9. The van der Waals surface area contributed by atoms with Crippen molar-refractivity contribution in [1.29, 1.82) is 0 Å². The Morgan fingerprint density at radius 2 is 2.40 bits per heavy atom. The van der Waals surface area contributed by atoms with E-state index < -0.39 is 0 Å². The molecule has 4 heteroatoms. The molecule has 90 valence electrons. The van der Waals surface area contributed by atoms with Crippen LogP contribution in [0.15, 0.2) is 0 Å². The van der Waals surface area contributed by atoms with Crippen molar-refractivity contribution in [3.63, 3.8) is 0 Å². The van der Waals surface area contributed by atoms with E-state index in [4.69, 9.17) is 10.5 Å². The third-order valence-electron chi connectivity index (χ3n) is 2.97. The largest absolute Gasteiger partial charge is 0.395 e.